The van der Waals surface area contributed by atoms with Gasteiger partial charge in [-0.3, -0.25) is 0 Å². The molecule has 1 aliphatic carbocycles. The first kappa shape index (κ1) is 15.8. The molecule has 1 aliphatic rings. The Kier molecular flexibility index (Phi) is 4.25. The van der Waals surface area contributed by atoms with Gasteiger partial charge in [-0.15, -0.1) is 0 Å². The smallest absolute Gasteiger partial charge is 0.207 e. The van der Waals surface area contributed by atoms with Crippen LogP contribution < -0.4 is 4.72 Å². The molecule has 0 heterocycles. The molecule has 0 spiro atoms. The first-order valence-electron chi connectivity index (χ1n) is 6.39. The number of hydrogen-bond acceptors (Lipinski definition) is 3. The van der Waals surface area contributed by atoms with E-state index in [9.17, 15) is 26.9 Å². The van der Waals surface area contributed by atoms with Crippen LogP contribution in [0.1, 0.15) is 32.1 Å². The number of nitrogens with zero attached hydrogens (tertiary/aromatic N) is 1. The van der Waals surface area contributed by atoms with Crippen molar-refractivity contribution in [3.05, 3.63) is 29.6 Å². The lowest BCUT2D eigenvalue weighted by molar-refractivity contribution is 0.338. The highest BCUT2D eigenvalue weighted by atomic mass is 32.2. The first-order valence-corrected chi connectivity index (χ1v) is 7.88. The number of halogens is 3. The van der Waals surface area contributed by atoms with Gasteiger partial charge in [-0.05, 0) is 25.0 Å². The highest BCUT2D eigenvalue weighted by molar-refractivity contribution is 7.89. The predicted molar refractivity (Wildman–Crippen MR) is 68.1 cm³/mol. The van der Waals surface area contributed by atoms with Crippen molar-refractivity contribution in [2.45, 2.75) is 42.5 Å². The van der Waals surface area contributed by atoms with Gasteiger partial charge >= 0.3 is 0 Å². The van der Waals surface area contributed by atoms with Crippen molar-refractivity contribution in [3.8, 4) is 6.07 Å². The molecule has 0 saturated heterocycles. The minimum atomic E-state index is -4.31. The van der Waals surface area contributed by atoms with Gasteiger partial charge in [0, 0.05) is 0 Å². The Labute approximate surface area is 120 Å². The Balaban J connectivity index is 2.36. The number of nitrogens with one attached hydrogen (secondary N) is 1. The highest BCUT2D eigenvalue weighted by Gasteiger charge is 2.37. The van der Waals surface area contributed by atoms with E-state index in [0.717, 1.165) is 6.42 Å². The van der Waals surface area contributed by atoms with Crippen LogP contribution in [-0.2, 0) is 10.0 Å². The second kappa shape index (κ2) is 5.66. The fraction of sp³-hybridized carbons (Fsp3) is 0.462. The second-order valence-corrected chi connectivity index (χ2v) is 6.74. The van der Waals surface area contributed by atoms with E-state index in [4.69, 9.17) is 0 Å². The van der Waals surface area contributed by atoms with E-state index in [2.05, 4.69) is 4.72 Å². The molecule has 0 atom stereocenters. The molecular weight excluding hydrogens is 305 g/mol. The molecule has 1 aromatic carbocycles. The summed E-state index contributed by atoms with van der Waals surface area (Å²) in [5.41, 5.74) is -1.28. The molecule has 1 aromatic rings. The van der Waals surface area contributed by atoms with E-state index in [-0.39, 0.29) is 0 Å². The number of nitriles is 1. The van der Waals surface area contributed by atoms with Gasteiger partial charge in [-0.25, -0.2) is 21.6 Å². The maximum Gasteiger partial charge on any atom is 0.242 e. The maximum atomic E-state index is 13.2. The quantitative estimate of drug-likeness (QED) is 0.871. The van der Waals surface area contributed by atoms with E-state index < -0.39 is 37.9 Å². The monoisotopic (exact) mass is 318 g/mol. The lowest BCUT2D eigenvalue weighted by Crippen LogP contribution is -2.48. The zero-order chi connectivity index (χ0) is 15.7. The SMILES string of the molecule is N#CC1(NS(=O)(=O)c2cc(F)c(F)c(F)c2)CCCCC1. The van der Waals surface area contributed by atoms with E-state index in [1.807, 2.05) is 6.07 Å². The van der Waals surface area contributed by atoms with Crippen molar-refractivity contribution in [2.75, 3.05) is 0 Å². The van der Waals surface area contributed by atoms with Crippen LogP contribution in [0.15, 0.2) is 17.0 Å². The summed E-state index contributed by atoms with van der Waals surface area (Å²) in [4.78, 5) is -0.737. The summed E-state index contributed by atoms with van der Waals surface area (Å²) in [5.74, 6) is -4.92. The van der Waals surface area contributed by atoms with Crippen molar-refractivity contribution in [3.63, 3.8) is 0 Å². The van der Waals surface area contributed by atoms with Crippen molar-refractivity contribution < 1.29 is 21.6 Å². The van der Waals surface area contributed by atoms with Crippen LogP contribution in [0.2, 0.25) is 0 Å². The average molecular weight is 318 g/mol. The van der Waals surface area contributed by atoms with E-state index >= 15 is 0 Å². The summed E-state index contributed by atoms with van der Waals surface area (Å²) in [6.07, 6.45) is 2.92. The summed E-state index contributed by atoms with van der Waals surface area (Å²) in [5, 5.41) is 9.22. The van der Waals surface area contributed by atoms with E-state index in [1.54, 1.807) is 0 Å². The van der Waals surface area contributed by atoms with E-state index in [0.29, 0.717) is 37.8 Å². The van der Waals surface area contributed by atoms with Crippen molar-refractivity contribution in [1.82, 2.24) is 4.72 Å². The molecular formula is C13H13F3N2O2S. The van der Waals surface area contributed by atoms with Crippen LogP contribution in [0.4, 0.5) is 13.2 Å². The number of sulfonamides is 1. The summed E-state index contributed by atoms with van der Waals surface area (Å²) in [7, 11) is -4.31. The Hall–Kier alpha value is -1.59. The van der Waals surface area contributed by atoms with Crippen LogP contribution in [0.3, 0.4) is 0 Å². The molecule has 0 aliphatic heterocycles. The molecule has 0 unspecified atom stereocenters. The average Bonchev–Trinajstić information content (AvgIpc) is 2.44. The fourth-order valence-corrected chi connectivity index (χ4v) is 3.79. The van der Waals surface area contributed by atoms with Crippen molar-refractivity contribution >= 4 is 10.0 Å². The third-order valence-electron chi connectivity index (χ3n) is 3.52. The Morgan fingerprint density at radius 3 is 2.10 bits per heavy atom. The van der Waals surface area contributed by atoms with Gasteiger partial charge in [0.2, 0.25) is 10.0 Å². The van der Waals surface area contributed by atoms with Crippen LogP contribution in [0.5, 0.6) is 0 Å². The third-order valence-corrected chi connectivity index (χ3v) is 5.03. The molecule has 0 amide bonds. The fourth-order valence-electron chi connectivity index (χ4n) is 2.40. The number of rotatable bonds is 3. The zero-order valence-corrected chi connectivity index (χ0v) is 11.8. The molecule has 0 aromatic heterocycles. The standard InChI is InChI=1S/C13H13F3N2O2S/c14-10-6-9(7-11(15)12(10)16)21(19,20)18-13(8-17)4-2-1-3-5-13/h6-7,18H,1-5H2. The molecule has 114 valence electrons. The molecule has 2 rings (SSSR count). The molecule has 0 bridgehead atoms. The predicted octanol–water partition coefficient (Wildman–Crippen LogP) is 2.61. The molecule has 21 heavy (non-hydrogen) atoms. The number of benzene rings is 1. The summed E-state index contributed by atoms with van der Waals surface area (Å²) in [6.45, 7) is 0. The highest BCUT2D eigenvalue weighted by Crippen LogP contribution is 2.29. The first-order chi connectivity index (χ1) is 9.80. The molecule has 8 heteroatoms. The molecule has 4 nitrogen and oxygen atoms in total. The van der Waals surface area contributed by atoms with Gasteiger partial charge in [0.1, 0.15) is 5.54 Å². The minimum Gasteiger partial charge on any atom is -0.207 e. The Morgan fingerprint density at radius 2 is 1.62 bits per heavy atom. The van der Waals surface area contributed by atoms with Crippen LogP contribution in [0, 0.1) is 28.8 Å². The van der Waals surface area contributed by atoms with Gasteiger partial charge in [-0.1, -0.05) is 19.3 Å². The Bertz CT molecular complexity index is 669. The van der Waals surface area contributed by atoms with Crippen molar-refractivity contribution in [1.29, 1.82) is 5.26 Å². The van der Waals surface area contributed by atoms with Crippen LogP contribution >= 0.6 is 0 Å². The van der Waals surface area contributed by atoms with E-state index in [1.165, 1.54) is 0 Å². The van der Waals surface area contributed by atoms with Gasteiger partial charge in [0.15, 0.2) is 17.5 Å². The minimum absolute atomic E-state index is 0.328. The molecule has 1 fully saturated rings. The van der Waals surface area contributed by atoms with Gasteiger partial charge in [0.05, 0.1) is 11.0 Å². The topological polar surface area (TPSA) is 70.0 Å². The molecule has 0 radical (unpaired) electrons. The van der Waals surface area contributed by atoms with Gasteiger partial charge < -0.3 is 0 Å². The lowest BCUT2D eigenvalue weighted by Gasteiger charge is -2.31. The molecule has 1 saturated carbocycles. The second-order valence-electron chi connectivity index (χ2n) is 5.06. The van der Waals surface area contributed by atoms with Crippen molar-refractivity contribution in [2.24, 2.45) is 0 Å². The van der Waals surface area contributed by atoms with Gasteiger partial charge in [0.25, 0.3) is 0 Å². The Morgan fingerprint density at radius 1 is 1.10 bits per heavy atom. The zero-order valence-electron chi connectivity index (χ0n) is 11.0. The van der Waals surface area contributed by atoms with Crippen LogP contribution in [0.25, 0.3) is 0 Å². The third kappa shape index (κ3) is 3.19. The summed E-state index contributed by atoms with van der Waals surface area (Å²) in [6, 6.07) is 2.73. The maximum absolute atomic E-state index is 13.2. The van der Waals surface area contributed by atoms with Crippen LogP contribution in [-0.4, -0.2) is 14.0 Å². The summed E-state index contributed by atoms with van der Waals surface area (Å²) >= 11 is 0. The lowest BCUT2D eigenvalue weighted by atomic mass is 9.84. The number of hydrogen-bond donors (Lipinski definition) is 1. The largest absolute Gasteiger partial charge is 0.242 e. The normalized spacial score (nSPS) is 18.2. The van der Waals surface area contributed by atoms with Gasteiger partial charge in [-0.2, -0.15) is 9.98 Å². The summed E-state index contributed by atoms with van der Waals surface area (Å²) < 4.78 is 65.7. The molecule has 1 N–H and O–H groups in total.